The molecule has 1 aromatic rings. The number of likely N-dealkylation sites (N-methyl/N-ethyl adjacent to an activating group) is 1. The molecule has 4 unspecified atom stereocenters. The van der Waals surface area contributed by atoms with Gasteiger partial charge >= 0.3 is 0 Å². The van der Waals surface area contributed by atoms with Crippen molar-refractivity contribution in [3.8, 4) is 24.0 Å². The van der Waals surface area contributed by atoms with E-state index in [0.29, 0.717) is 11.3 Å². The number of allylic oxidation sites excluding steroid dienone is 2. The fourth-order valence-electron chi connectivity index (χ4n) is 5.30. The van der Waals surface area contributed by atoms with E-state index in [1.54, 1.807) is 7.11 Å². The fraction of sp³-hybridized carbons (Fsp3) is 0.409. The molecule has 4 atom stereocenters. The molecule has 1 aliphatic carbocycles. The summed E-state index contributed by atoms with van der Waals surface area (Å²) in [5, 5.41) is 30.1. The van der Waals surface area contributed by atoms with E-state index >= 15 is 0 Å². The van der Waals surface area contributed by atoms with E-state index < -0.39 is 11.3 Å². The lowest BCUT2D eigenvalue weighted by Crippen LogP contribution is -2.51. The number of nitriles is 3. The second-order valence-corrected chi connectivity index (χ2v) is 7.71. The molecule has 0 radical (unpaired) electrons. The normalized spacial score (nSPS) is 30.5. The molecule has 2 bridgehead atoms. The molecule has 0 saturated carbocycles. The predicted octanol–water partition coefficient (Wildman–Crippen LogP) is 2.58. The van der Waals surface area contributed by atoms with Crippen LogP contribution in [0.3, 0.4) is 0 Å². The van der Waals surface area contributed by atoms with Crippen LogP contribution in [0.15, 0.2) is 47.2 Å². The first-order valence-corrected chi connectivity index (χ1v) is 9.33. The second kappa shape index (κ2) is 6.41. The number of fused-ring (bicyclic) bond motifs is 4. The third kappa shape index (κ3) is 2.21. The summed E-state index contributed by atoms with van der Waals surface area (Å²) in [5.41, 5.74) is 6.86. The third-order valence-electron chi connectivity index (χ3n) is 6.68. The van der Waals surface area contributed by atoms with Crippen molar-refractivity contribution in [1.82, 2.24) is 4.90 Å². The number of nitrogens with zero attached hydrogens (tertiary/aromatic N) is 4. The molecular formula is C22H21N5O. The lowest BCUT2D eigenvalue weighted by Gasteiger charge is -2.48. The molecular weight excluding hydrogens is 350 g/mol. The Balaban J connectivity index is 2.04. The molecule has 2 N–H and O–H groups in total. The summed E-state index contributed by atoms with van der Waals surface area (Å²) in [5.74, 6) is 0.0273. The van der Waals surface area contributed by atoms with Crippen molar-refractivity contribution in [3.63, 3.8) is 0 Å². The molecule has 4 rings (SSSR count). The van der Waals surface area contributed by atoms with Gasteiger partial charge < -0.3 is 10.5 Å². The average Bonchev–Trinajstić information content (AvgIpc) is 2.96. The Labute approximate surface area is 164 Å². The third-order valence-corrected chi connectivity index (χ3v) is 6.68. The number of benzene rings is 1. The Hall–Kier alpha value is -3.27. The van der Waals surface area contributed by atoms with Crippen LogP contribution in [0, 0.1) is 45.3 Å². The zero-order valence-electron chi connectivity index (χ0n) is 15.9. The molecule has 28 heavy (non-hydrogen) atoms. The van der Waals surface area contributed by atoms with Gasteiger partial charge in [0.1, 0.15) is 11.8 Å². The second-order valence-electron chi connectivity index (χ2n) is 7.71. The number of methoxy groups -OCH3 is 1. The van der Waals surface area contributed by atoms with Crippen LogP contribution >= 0.6 is 0 Å². The van der Waals surface area contributed by atoms with Crippen molar-refractivity contribution >= 4 is 0 Å². The van der Waals surface area contributed by atoms with Gasteiger partial charge in [-0.15, -0.1) is 0 Å². The van der Waals surface area contributed by atoms with Gasteiger partial charge in [0.25, 0.3) is 0 Å². The number of nitrogens with two attached hydrogens (primary N) is 1. The maximum atomic E-state index is 10.1. The Morgan fingerprint density at radius 1 is 1.21 bits per heavy atom. The van der Waals surface area contributed by atoms with Crippen LogP contribution in [-0.4, -0.2) is 31.1 Å². The molecule has 1 aromatic carbocycles. The van der Waals surface area contributed by atoms with Gasteiger partial charge in [-0.2, -0.15) is 15.8 Å². The molecule has 2 aliphatic heterocycles. The lowest BCUT2D eigenvalue weighted by atomic mass is 9.56. The Bertz CT molecular complexity index is 1000. The molecule has 6 nitrogen and oxygen atoms in total. The fourth-order valence-corrected chi connectivity index (χ4v) is 5.30. The summed E-state index contributed by atoms with van der Waals surface area (Å²) in [4.78, 5) is 2.30. The van der Waals surface area contributed by atoms with Crippen LogP contribution < -0.4 is 10.5 Å². The van der Waals surface area contributed by atoms with Gasteiger partial charge in [0.05, 0.1) is 30.5 Å². The Morgan fingerprint density at radius 2 is 1.96 bits per heavy atom. The summed E-state index contributed by atoms with van der Waals surface area (Å²) in [6, 6.07) is 14.5. The highest BCUT2D eigenvalue weighted by atomic mass is 16.5. The summed E-state index contributed by atoms with van der Waals surface area (Å²) in [6.45, 7) is 0. The number of hydrogen-bond donors (Lipinski definition) is 1. The van der Waals surface area contributed by atoms with E-state index in [2.05, 4.69) is 36.2 Å². The molecule has 140 valence electrons. The van der Waals surface area contributed by atoms with Crippen LogP contribution in [0.4, 0.5) is 0 Å². The zero-order chi connectivity index (χ0) is 20.1. The molecule has 3 aliphatic rings. The topological polar surface area (TPSA) is 110 Å². The van der Waals surface area contributed by atoms with Crippen LogP contribution in [0.25, 0.3) is 0 Å². The average molecular weight is 371 g/mol. The monoisotopic (exact) mass is 371 g/mol. The van der Waals surface area contributed by atoms with Gasteiger partial charge in [-0.05, 0) is 43.2 Å². The van der Waals surface area contributed by atoms with Gasteiger partial charge in [0.15, 0.2) is 5.41 Å². The summed E-state index contributed by atoms with van der Waals surface area (Å²) in [6.07, 6.45) is 4.07. The van der Waals surface area contributed by atoms with Crippen molar-refractivity contribution < 1.29 is 4.74 Å². The van der Waals surface area contributed by atoms with Gasteiger partial charge in [-0.1, -0.05) is 18.2 Å². The first kappa shape index (κ1) is 18.1. The molecule has 1 fully saturated rings. The number of ether oxygens (including phenoxy) is 1. The highest BCUT2D eigenvalue weighted by molar-refractivity contribution is 5.60. The summed E-state index contributed by atoms with van der Waals surface area (Å²) < 4.78 is 5.38. The number of rotatable bonds is 2. The van der Waals surface area contributed by atoms with Crippen molar-refractivity contribution in [3.05, 3.63) is 52.7 Å². The number of hydrogen-bond acceptors (Lipinski definition) is 6. The first-order chi connectivity index (χ1) is 13.5. The van der Waals surface area contributed by atoms with Crippen molar-refractivity contribution in [2.24, 2.45) is 17.1 Å². The molecule has 0 spiro atoms. The van der Waals surface area contributed by atoms with Crippen LogP contribution in [-0.2, 0) is 0 Å². The van der Waals surface area contributed by atoms with E-state index in [4.69, 9.17) is 10.5 Å². The summed E-state index contributed by atoms with van der Waals surface area (Å²) in [7, 11) is 3.66. The van der Waals surface area contributed by atoms with Gasteiger partial charge in [0.2, 0.25) is 0 Å². The minimum absolute atomic E-state index is 0.0688. The molecule has 0 amide bonds. The highest BCUT2D eigenvalue weighted by Gasteiger charge is 2.58. The van der Waals surface area contributed by atoms with Gasteiger partial charge in [-0.3, -0.25) is 4.90 Å². The van der Waals surface area contributed by atoms with E-state index in [0.717, 1.165) is 24.0 Å². The smallest absolute Gasteiger partial charge is 0.191 e. The zero-order valence-corrected chi connectivity index (χ0v) is 15.9. The van der Waals surface area contributed by atoms with Gasteiger partial charge in [0, 0.05) is 23.9 Å². The molecule has 2 heterocycles. The Morgan fingerprint density at radius 3 is 2.61 bits per heavy atom. The van der Waals surface area contributed by atoms with Crippen molar-refractivity contribution in [2.45, 2.75) is 30.8 Å². The molecule has 1 saturated heterocycles. The predicted molar refractivity (Wildman–Crippen MR) is 102 cm³/mol. The van der Waals surface area contributed by atoms with Crippen LogP contribution in [0.5, 0.6) is 5.75 Å². The standard InChI is InChI=1S/C22H21N5O/c1-27-14-6-7-18(27)19-16(9-14)17(10-23)21(26)22(11-24,12-25)20(19)13-4-3-5-15(8-13)28-2/h3-5,8-9,14,18-20H,6-7,26H2,1-2H3. The largest absolute Gasteiger partial charge is 0.497 e. The Kier molecular flexibility index (Phi) is 4.15. The van der Waals surface area contributed by atoms with Crippen LogP contribution in [0.2, 0.25) is 0 Å². The highest BCUT2D eigenvalue weighted by Crippen LogP contribution is 2.58. The first-order valence-electron chi connectivity index (χ1n) is 9.33. The summed E-state index contributed by atoms with van der Waals surface area (Å²) >= 11 is 0. The minimum Gasteiger partial charge on any atom is -0.497 e. The molecule has 0 aromatic heterocycles. The minimum atomic E-state index is -1.60. The van der Waals surface area contributed by atoms with Gasteiger partial charge in [-0.25, -0.2) is 0 Å². The SMILES string of the molecule is COc1cccc(C2C3C(=CC4CCC3N4C)C(C#N)=C(N)C2(C#N)C#N)c1. The maximum absolute atomic E-state index is 10.1. The van der Waals surface area contributed by atoms with Crippen molar-refractivity contribution in [1.29, 1.82) is 15.8 Å². The molecule has 6 heteroatoms. The van der Waals surface area contributed by atoms with Crippen molar-refractivity contribution in [2.75, 3.05) is 14.2 Å². The quantitative estimate of drug-likeness (QED) is 0.855. The lowest BCUT2D eigenvalue weighted by molar-refractivity contribution is 0.160. The maximum Gasteiger partial charge on any atom is 0.191 e. The van der Waals surface area contributed by atoms with E-state index in [9.17, 15) is 15.8 Å². The van der Waals surface area contributed by atoms with E-state index in [1.165, 1.54) is 0 Å². The van der Waals surface area contributed by atoms with E-state index in [1.807, 2.05) is 24.3 Å². The van der Waals surface area contributed by atoms with Crippen LogP contribution in [0.1, 0.15) is 24.3 Å². The van der Waals surface area contributed by atoms with E-state index in [-0.39, 0.29) is 23.7 Å².